The van der Waals surface area contributed by atoms with Crippen molar-refractivity contribution in [3.8, 4) is 5.75 Å². The Hall–Kier alpha value is -3.71. The van der Waals surface area contributed by atoms with E-state index in [-0.39, 0.29) is 30.2 Å². The standard InChI is InChI=1S/C37H53B2N5O7S/c1-24(2)52(49,50)43-18-9-27(10-19-43)26-7-14-41(15-8-26)35(46)33(23-25-21-30(38)34(45)31(39)22-25)51-37(48)42-16-12-29(13-17-42)44-20-11-28-5-3-4-6-32(28)40-36(44)47/h3-6,21-22,24,26-27,29,33,45H,7-20,23,38-39H2,1-2H3,(H,40,47)/t33-/m1/s1. The summed E-state index contributed by atoms with van der Waals surface area (Å²) >= 11 is 0. The summed E-state index contributed by atoms with van der Waals surface area (Å²) in [5.74, 6) is 0.830. The number of nitrogens with one attached hydrogen (secondary N) is 1. The summed E-state index contributed by atoms with van der Waals surface area (Å²) in [5.41, 5.74) is 4.16. The average Bonchev–Trinajstić information content (AvgIpc) is 3.31. The Labute approximate surface area is 310 Å². The number of phenols is 1. The molecule has 6 rings (SSSR count). The van der Waals surface area contributed by atoms with E-state index in [1.165, 1.54) is 0 Å². The molecule has 4 heterocycles. The predicted molar refractivity (Wildman–Crippen MR) is 207 cm³/mol. The van der Waals surface area contributed by atoms with Gasteiger partial charge in [0.25, 0.3) is 5.91 Å². The molecule has 2 N–H and O–H groups in total. The lowest BCUT2D eigenvalue weighted by molar-refractivity contribution is -0.142. The highest BCUT2D eigenvalue weighted by Gasteiger charge is 2.38. The maximum Gasteiger partial charge on any atom is 0.410 e. The number of fused-ring (bicyclic) bond motifs is 1. The van der Waals surface area contributed by atoms with Crippen LogP contribution in [0, 0.1) is 11.8 Å². The Morgan fingerprint density at radius 1 is 0.885 bits per heavy atom. The number of carbonyl (C=O) groups is 3. The van der Waals surface area contributed by atoms with Crippen LogP contribution in [0.1, 0.15) is 63.5 Å². The molecule has 0 bridgehead atoms. The van der Waals surface area contributed by atoms with Crippen LogP contribution in [-0.2, 0) is 32.4 Å². The first-order chi connectivity index (χ1) is 24.8. The number of piperidine rings is 3. The van der Waals surface area contributed by atoms with E-state index in [1.54, 1.807) is 23.1 Å². The molecular weight excluding hydrogens is 680 g/mol. The zero-order valence-corrected chi connectivity index (χ0v) is 31.9. The number of likely N-dealkylation sites (tertiary alicyclic amines) is 2. The van der Waals surface area contributed by atoms with E-state index in [2.05, 4.69) is 5.32 Å². The van der Waals surface area contributed by atoms with Crippen LogP contribution in [0.3, 0.4) is 0 Å². The Kier molecular flexibility index (Phi) is 11.8. The van der Waals surface area contributed by atoms with Crippen molar-refractivity contribution >= 4 is 60.4 Å². The Morgan fingerprint density at radius 2 is 1.46 bits per heavy atom. The fourth-order valence-electron chi connectivity index (χ4n) is 8.55. The highest BCUT2D eigenvalue weighted by Crippen LogP contribution is 2.34. The van der Waals surface area contributed by atoms with Gasteiger partial charge in [-0.25, -0.2) is 22.3 Å². The second-order valence-electron chi connectivity index (χ2n) is 15.4. The number of aromatic hydroxyl groups is 1. The molecule has 3 saturated heterocycles. The van der Waals surface area contributed by atoms with Crippen molar-refractivity contribution in [2.75, 3.05) is 51.1 Å². The summed E-state index contributed by atoms with van der Waals surface area (Å²) in [4.78, 5) is 46.3. The molecule has 4 aliphatic heterocycles. The van der Waals surface area contributed by atoms with E-state index in [4.69, 9.17) is 4.74 Å². The van der Waals surface area contributed by atoms with Gasteiger partial charge in [-0.05, 0) is 98.7 Å². The van der Waals surface area contributed by atoms with E-state index in [0.29, 0.717) is 81.4 Å². The largest absolute Gasteiger partial charge is 0.509 e. The molecule has 280 valence electrons. The number of urea groups is 1. The van der Waals surface area contributed by atoms with Crippen molar-refractivity contribution in [1.29, 1.82) is 0 Å². The van der Waals surface area contributed by atoms with Gasteiger partial charge in [-0.1, -0.05) is 30.3 Å². The first kappa shape index (κ1) is 38.0. The number of benzene rings is 2. The summed E-state index contributed by atoms with van der Waals surface area (Å²) in [7, 11) is 0.377. The summed E-state index contributed by atoms with van der Waals surface area (Å²) in [6.45, 7) is 7.10. The van der Waals surface area contributed by atoms with Gasteiger partial charge >= 0.3 is 12.1 Å². The summed E-state index contributed by atoms with van der Waals surface area (Å²) in [5, 5.41) is 13.0. The number of carbonyl (C=O) groups excluding carboxylic acids is 3. The summed E-state index contributed by atoms with van der Waals surface area (Å²) in [6.07, 6.45) is 3.94. The van der Waals surface area contributed by atoms with Crippen LogP contribution in [0.2, 0.25) is 0 Å². The number of nitrogens with zero attached hydrogens (tertiary/aromatic N) is 4. The number of amides is 4. The van der Waals surface area contributed by atoms with Crippen LogP contribution < -0.4 is 16.2 Å². The summed E-state index contributed by atoms with van der Waals surface area (Å²) < 4.78 is 33.0. The third-order valence-electron chi connectivity index (χ3n) is 11.8. The first-order valence-corrected chi connectivity index (χ1v) is 20.5. The van der Waals surface area contributed by atoms with Crippen LogP contribution >= 0.6 is 0 Å². The van der Waals surface area contributed by atoms with Gasteiger partial charge < -0.3 is 29.9 Å². The zero-order chi connectivity index (χ0) is 37.2. The topological polar surface area (TPSA) is 140 Å². The van der Waals surface area contributed by atoms with Gasteiger partial charge in [0.2, 0.25) is 10.0 Å². The van der Waals surface area contributed by atoms with Gasteiger partial charge in [0, 0.05) is 64.0 Å². The minimum atomic E-state index is -3.25. The van der Waals surface area contributed by atoms with Crippen molar-refractivity contribution < 1.29 is 32.6 Å². The van der Waals surface area contributed by atoms with Crippen molar-refractivity contribution in [2.24, 2.45) is 11.8 Å². The third kappa shape index (κ3) is 8.40. The molecule has 0 saturated carbocycles. The average molecular weight is 734 g/mol. The van der Waals surface area contributed by atoms with Crippen molar-refractivity contribution in [1.82, 2.24) is 19.0 Å². The predicted octanol–water partition coefficient (Wildman–Crippen LogP) is 1.20. The highest BCUT2D eigenvalue weighted by atomic mass is 32.2. The Bertz CT molecular complexity index is 1710. The number of hydrogen-bond donors (Lipinski definition) is 2. The molecule has 52 heavy (non-hydrogen) atoms. The van der Waals surface area contributed by atoms with Gasteiger partial charge in [0.15, 0.2) is 6.10 Å². The molecule has 15 heteroatoms. The van der Waals surface area contributed by atoms with Crippen molar-refractivity contribution in [2.45, 2.75) is 82.6 Å². The fraction of sp³-hybridized carbons (Fsp3) is 0.595. The molecule has 4 amide bonds. The van der Waals surface area contributed by atoms with Crippen LogP contribution in [0.5, 0.6) is 5.75 Å². The van der Waals surface area contributed by atoms with Gasteiger partial charge in [-0.3, -0.25) is 4.79 Å². The Balaban J connectivity index is 1.06. The van der Waals surface area contributed by atoms with E-state index in [1.807, 2.05) is 61.9 Å². The van der Waals surface area contributed by atoms with Crippen molar-refractivity contribution in [3.63, 3.8) is 0 Å². The quantitative estimate of drug-likeness (QED) is 0.389. The molecule has 4 aliphatic rings. The number of ether oxygens (including phenoxy) is 1. The second kappa shape index (κ2) is 16.1. The monoisotopic (exact) mass is 733 g/mol. The highest BCUT2D eigenvalue weighted by molar-refractivity contribution is 7.89. The number of phenolic OH excluding ortho intramolecular Hbond substituents is 1. The van der Waals surface area contributed by atoms with Gasteiger partial charge in [-0.2, -0.15) is 0 Å². The third-order valence-corrected chi connectivity index (χ3v) is 14.0. The van der Waals surface area contributed by atoms with Crippen LogP contribution in [-0.4, -0.2) is 129 Å². The SMILES string of the molecule is Bc1cc(C[C@@H](OC(=O)N2CCC(N3CCc4ccccc4NC3=O)CC2)C(=O)N2CCC(C3CCN(S(=O)(=O)C(C)C)CC3)CC2)cc(B)c1O. The lowest BCUT2D eigenvalue weighted by atomic mass is 9.79. The smallest absolute Gasteiger partial charge is 0.410 e. The molecular formula is C37H53B2N5O7S. The van der Waals surface area contributed by atoms with Gasteiger partial charge in [-0.15, -0.1) is 0 Å². The minimum Gasteiger partial charge on any atom is -0.509 e. The zero-order valence-electron chi connectivity index (χ0n) is 31.1. The van der Waals surface area contributed by atoms with Crippen LogP contribution in [0.25, 0.3) is 0 Å². The van der Waals surface area contributed by atoms with E-state index < -0.39 is 27.5 Å². The van der Waals surface area contributed by atoms with Crippen LogP contribution in [0.4, 0.5) is 15.3 Å². The second-order valence-corrected chi connectivity index (χ2v) is 17.9. The molecule has 0 spiro atoms. The number of rotatable bonds is 8. The molecule has 0 aliphatic carbocycles. The molecule has 2 aromatic carbocycles. The Morgan fingerprint density at radius 3 is 2.08 bits per heavy atom. The molecule has 3 fully saturated rings. The molecule has 2 aromatic rings. The molecule has 0 unspecified atom stereocenters. The molecule has 0 aromatic heterocycles. The normalized spacial score (nSPS) is 20.7. The number of sulfonamides is 1. The minimum absolute atomic E-state index is 0.00752. The van der Waals surface area contributed by atoms with E-state index >= 15 is 0 Å². The van der Waals surface area contributed by atoms with Crippen LogP contribution in [0.15, 0.2) is 36.4 Å². The first-order valence-electron chi connectivity index (χ1n) is 19.0. The number of anilines is 1. The van der Waals surface area contributed by atoms with E-state index in [0.717, 1.165) is 48.9 Å². The number of para-hydroxylation sites is 1. The van der Waals surface area contributed by atoms with Gasteiger partial charge in [0.05, 0.1) is 5.25 Å². The summed E-state index contributed by atoms with van der Waals surface area (Å²) in [6, 6.07) is 11.4. The maximum atomic E-state index is 14.1. The van der Waals surface area contributed by atoms with E-state index in [9.17, 15) is 27.9 Å². The molecule has 0 radical (unpaired) electrons. The molecule has 12 nitrogen and oxygen atoms in total. The number of hydrogen-bond acceptors (Lipinski definition) is 7. The fourth-order valence-corrected chi connectivity index (χ4v) is 9.86. The van der Waals surface area contributed by atoms with Gasteiger partial charge in [0.1, 0.15) is 21.4 Å². The molecule has 1 atom stereocenters. The maximum absolute atomic E-state index is 14.1. The lowest BCUT2D eigenvalue weighted by Gasteiger charge is -2.41. The van der Waals surface area contributed by atoms with Crippen molar-refractivity contribution in [3.05, 3.63) is 47.5 Å². The lowest BCUT2D eigenvalue weighted by Crippen LogP contribution is -2.52.